The molecular weight excluding hydrogens is 172 g/mol. The first-order valence-electron chi connectivity index (χ1n) is 3.80. The molecule has 1 aliphatic rings. The standard InChI is InChI=1S/C8H6N2O3/c9-4-5-3-6(13-10-5)8(1-2-8)7(11)12/h3H,1-2H2,(H,11,12). The molecule has 5 nitrogen and oxygen atoms in total. The molecule has 66 valence electrons. The van der Waals surface area contributed by atoms with Crippen LogP contribution in [0, 0.1) is 11.3 Å². The van der Waals surface area contributed by atoms with Gasteiger partial charge < -0.3 is 9.63 Å². The van der Waals surface area contributed by atoms with Gasteiger partial charge in [-0.05, 0) is 12.8 Å². The Bertz CT molecular complexity index is 398. The number of aliphatic carboxylic acids is 1. The number of aromatic nitrogens is 1. The molecule has 1 saturated carbocycles. The lowest BCUT2D eigenvalue weighted by molar-refractivity contribution is -0.140. The van der Waals surface area contributed by atoms with Crippen LogP contribution in [0.5, 0.6) is 0 Å². The van der Waals surface area contributed by atoms with E-state index in [4.69, 9.17) is 14.9 Å². The van der Waals surface area contributed by atoms with Crippen LogP contribution in [0.1, 0.15) is 24.3 Å². The Morgan fingerprint density at radius 2 is 2.46 bits per heavy atom. The van der Waals surface area contributed by atoms with Gasteiger partial charge in [0.05, 0.1) is 0 Å². The summed E-state index contributed by atoms with van der Waals surface area (Å²) in [4.78, 5) is 10.8. The molecule has 0 bridgehead atoms. The van der Waals surface area contributed by atoms with Crippen molar-refractivity contribution in [2.24, 2.45) is 0 Å². The molecule has 0 aromatic carbocycles. The minimum Gasteiger partial charge on any atom is -0.480 e. The Morgan fingerprint density at radius 3 is 2.85 bits per heavy atom. The van der Waals surface area contributed by atoms with Crippen LogP contribution in [0.15, 0.2) is 10.6 Å². The molecule has 0 aliphatic heterocycles. The molecule has 2 rings (SSSR count). The second kappa shape index (κ2) is 2.33. The van der Waals surface area contributed by atoms with Crippen molar-refractivity contribution in [2.45, 2.75) is 18.3 Å². The summed E-state index contributed by atoms with van der Waals surface area (Å²) < 4.78 is 4.79. The summed E-state index contributed by atoms with van der Waals surface area (Å²) in [6.45, 7) is 0. The Kier molecular flexibility index (Phi) is 1.40. The van der Waals surface area contributed by atoms with Crippen molar-refractivity contribution in [1.29, 1.82) is 5.26 Å². The number of carbonyl (C=O) groups is 1. The van der Waals surface area contributed by atoms with Crippen molar-refractivity contribution in [3.05, 3.63) is 17.5 Å². The van der Waals surface area contributed by atoms with E-state index in [1.54, 1.807) is 6.07 Å². The Morgan fingerprint density at radius 1 is 1.77 bits per heavy atom. The lowest BCUT2D eigenvalue weighted by Crippen LogP contribution is -2.18. The molecule has 0 saturated heterocycles. The van der Waals surface area contributed by atoms with Gasteiger partial charge in [-0.25, -0.2) is 0 Å². The highest BCUT2D eigenvalue weighted by Gasteiger charge is 2.55. The third kappa shape index (κ3) is 0.991. The lowest BCUT2D eigenvalue weighted by atomic mass is 10.0. The number of carboxylic acid groups (broad SMARTS) is 1. The maximum atomic E-state index is 10.8. The molecule has 0 amide bonds. The summed E-state index contributed by atoms with van der Waals surface area (Å²) in [7, 11) is 0. The molecule has 1 fully saturated rings. The zero-order chi connectivity index (χ0) is 9.47. The molecule has 1 aromatic heterocycles. The van der Waals surface area contributed by atoms with Crippen LogP contribution in [0.25, 0.3) is 0 Å². The van der Waals surface area contributed by atoms with Gasteiger partial charge in [0.2, 0.25) is 0 Å². The van der Waals surface area contributed by atoms with Gasteiger partial charge in [0.1, 0.15) is 11.5 Å². The zero-order valence-electron chi connectivity index (χ0n) is 6.65. The van der Waals surface area contributed by atoms with Crippen LogP contribution in [-0.2, 0) is 10.2 Å². The minimum atomic E-state index is -0.909. The van der Waals surface area contributed by atoms with E-state index in [0.717, 1.165) is 0 Å². The van der Waals surface area contributed by atoms with Crippen LogP contribution < -0.4 is 0 Å². The highest BCUT2D eigenvalue weighted by atomic mass is 16.5. The molecule has 5 heteroatoms. The quantitative estimate of drug-likeness (QED) is 0.718. The Balaban J connectivity index is 2.37. The summed E-state index contributed by atoms with van der Waals surface area (Å²) in [5.74, 6) is -0.621. The smallest absolute Gasteiger partial charge is 0.317 e. The van der Waals surface area contributed by atoms with Crippen LogP contribution in [0.2, 0.25) is 0 Å². The molecule has 1 heterocycles. The van der Waals surface area contributed by atoms with Gasteiger partial charge in [-0.15, -0.1) is 0 Å². The van der Waals surface area contributed by atoms with Crippen LogP contribution >= 0.6 is 0 Å². The van der Waals surface area contributed by atoms with Crippen molar-refractivity contribution in [3.8, 4) is 6.07 Å². The van der Waals surface area contributed by atoms with Gasteiger partial charge in [0, 0.05) is 6.07 Å². The molecular formula is C8H6N2O3. The SMILES string of the molecule is N#Cc1cc(C2(C(=O)O)CC2)on1. The Hall–Kier alpha value is -1.83. The van der Waals surface area contributed by atoms with E-state index in [2.05, 4.69) is 5.16 Å². The molecule has 13 heavy (non-hydrogen) atoms. The third-order valence-electron chi connectivity index (χ3n) is 2.26. The second-order valence-corrected chi connectivity index (χ2v) is 3.08. The predicted molar refractivity (Wildman–Crippen MR) is 39.8 cm³/mol. The highest BCUT2D eigenvalue weighted by molar-refractivity contribution is 5.83. The van der Waals surface area contributed by atoms with E-state index in [0.29, 0.717) is 12.8 Å². The number of carboxylic acids is 1. The summed E-state index contributed by atoms with van der Waals surface area (Å²) in [5, 5.41) is 20.7. The minimum absolute atomic E-state index is 0.127. The average molecular weight is 178 g/mol. The van der Waals surface area contributed by atoms with Crippen LogP contribution in [0.3, 0.4) is 0 Å². The van der Waals surface area contributed by atoms with Gasteiger partial charge in [-0.2, -0.15) is 5.26 Å². The summed E-state index contributed by atoms with van der Waals surface area (Å²) in [6, 6.07) is 3.18. The largest absolute Gasteiger partial charge is 0.480 e. The Labute approximate surface area is 73.6 Å². The fourth-order valence-electron chi connectivity index (χ4n) is 1.24. The average Bonchev–Trinajstić information content (AvgIpc) is 2.79. The van der Waals surface area contributed by atoms with Gasteiger partial charge in [0.25, 0.3) is 0 Å². The first-order valence-corrected chi connectivity index (χ1v) is 3.80. The normalized spacial score (nSPS) is 17.8. The third-order valence-corrected chi connectivity index (χ3v) is 2.26. The molecule has 0 radical (unpaired) electrons. The van der Waals surface area contributed by atoms with Crippen LogP contribution in [-0.4, -0.2) is 16.2 Å². The number of rotatable bonds is 2. The number of hydrogen-bond donors (Lipinski definition) is 1. The topological polar surface area (TPSA) is 87.1 Å². The molecule has 1 N–H and O–H groups in total. The van der Waals surface area contributed by atoms with Gasteiger partial charge >= 0.3 is 5.97 Å². The predicted octanol–water partition coefficient (Wildman–Crippen LogP) is 0.662. The fourth-order valence-corrected chi connectivity index (χ4v) is 1.24. The van der Waals surface area contributed by atoms with Crippen molar-refractivity contribution in [1.82, 2.24) is 5.16 Å². The molecule has 0 spiro atoms. The summed E-state index contributed by atoms with van der Waals surface area (Å²) in [5.41, 5.74) is -0.773. The number of hydrogen-bond acceptors (Lipinski definition) is 4. The molecule has 0 atom stereocenters. The van der Waals surface area contributed by atoms with E-state index >= 15 is 0 Å². The van der Waals surface area contributed by atoms with Gasteiger partial charge in [0.15, 0.2) is 11.5 Å². The maximum Gasteiger partial charge on any atom is 0.317 e. The number of nitrogens with zero attached hydrogens (tertiary/aromatic N) is 2. The zero-order valence-corrected chi connectivity index (χ0v) is 6.65. The lowest BCUT2D eigenvalue weighted by Gasteiger charge is -2.01. The van der Waals surface area contributed by atoms with Crippen molar-refractivity contribution >= 4 is 5.97 Å². The van der Waals surface area contributed by atoms with Gasteiger partial charge in [-0.1, -0.05) is 5.16 Å². The first kappa shape index (κ1) is 7.80. The first-order chi connectivity index (χ1) is 6.19. The monoisotopic (exact) mass is 178 g/mol. The van der Waals surface area contributed by atoms with E-state index in [1.807, 2.05) is 0 Å². The van der Waals surface area contributed by atoms with Crippen molar-refractivity contribution < 1.29 is 14.4 Å². The van der Waals surface area contributed by atoms with Crippen molar-refractivity contribution in [3.63, 3.8) is 0 Å². The number of nitriles is 1. The van der Waals surface area contributed by atoms with Crippen molar-refractivity contribution in [2.75, 3.05) is 0 Å². The van der Waals surface area contributed by atoms with Crippen LogP contribution in [0.4, 0.5) is 0 Å². The van der Waals surface area contributed by atoms with E-state index in [9.17, 15) is 4.79 Å². The van der Waals surface area contributed by atoms with E-state index < -0.39 is 11.4 Å². The highest BCUT2D eigenvalue weighted by Crippen LogP contribution is 2.48. The maximum absolute atomic E-state index is 10.8. The molecule has 1 aromatic rings. The van der Waals surface area contributed by atoms with Gasteiger partial charge in [-0.3, -0.25) is 4.79 Å². The molecule has 0 unspecified atom stereocenters. The summed E-state index contributed by atoms with van der Waals surface area (Å²) >= 11 is 0. The fraction of sp³-hybridized carbons (Fsp3) is 0.375. The van der Waals surface area contributed by atoms with E-state index in [-0.39, 0.29) is 11.5 Å². The van der Waals surface area contributed by atoms with E-state index in [1.165, 1.54) is 6.07 Å². The second-order valence-electron chi connectivity index (χ2n) is 3.08. The summed E-state index contributed by atoms with van der Waals surface area (Å²) in [6.07, 6.45) is 1.12. The molecule has 1 aliphatic carbocycles.